The largest absolute Gasteiger partial charge is 0.299 e. The van der Waals surface area contributed by atoms with E-state index in [1.54, 1.807) is 11.0 Å². The van der Waals surface area contributed by atoms with E-state index in [1.165, 1.54) is 0 Å². The van der Waals surface area contributed by atoms with E-state index in [2.05, 4.69) is 20.4 Å². The summed E-state index contributed by atoms with van der Waals surface area (Å²) in [6.07, 6.45) is 2.98. The van der Waals surface area contributed by atoms with Gasteiger partial charge in [-0.1, -0.05) is 74.6 Å². The molecule has 0 bridgehead atoms. The minimum Gasteiger partial charge on any atom is -0.299 e. The number of rotatable bonds is 4. The molecule has 0 unspecified atom stereocenters. The van der Waals surface area contributed by atoms with Gasteiger partial charge in [0, 0.05) is 29.7 Å². The molecule has 0 radical (unpaired) electrons. The summed E-state index contributed by atoms with van der Waals surface area (Å²) in [6, 6.07) is 15.1. The van der Waals surface area contributed by atoms with Gasteiger partial charge in [-0.2, -0.15) is 0 Å². The van der Waals surface area contributed by atoms with Crippen LogP contribution in [0.5, 0.6) is 0 Å². The molecule has 2 aliphatic rings. The number of benzene rings is 2. The van der Waals surface area contributed by atoms with Crippen LogP contribution >= 0.6 is 12.2 Å². The summed E-state index contributed by atoms with van der Waals surface area (Å²) in [5.41, 5.74) is 5.00. The molecule has 29 heavy (non-hydrogen) atoms. The third-order valence-corrected chi connectivity index (χ3v) is 6.10. The average molecular weight is 402 g/mol. The average Bonchev–Trinajstić information content (AvgIpc) is 2.69. The number of nitrogens with zero attached hydrogens (tertiary/aromatic N) is 1. The second-order valence-corrected chi connectivity index (χ2v) is 8.73. The van der Waals surface area contributed by atoms with Gasteiger partial charge in [0.15, 0.2) is 5.78 Å². The Kier molecular flexibility index (Phi) is 4.83. The highest BCUT2D eigenvalue weighted by molar-refractivity contribution is 7.80. The van der Waals surface area contributed by atoms with Gasteiger partial charge in [-0.05, 0) is 34.6 Å². The number of thiocarbonyl (C=S) groups is 1. The Morgan fingerprint density at radius 3 is 2.59 bits per heavy atom. The maximum absolute atomic E-state index is 13.2. The number of hydrogen-bond acceptors (Lipinski definition) is 3. The van der Waals surface area contributed by atoms with E-state index < -0.39 is 0 Å². The van der Waals surface area contributed by atoms with E-state index in [9.17, 15) is 9.59 Å². The van der Waals surface area contributed by atoms with Gasteiger partial charge in [-0.15, -0.1) is 6.58 Å². The van der Waals surface area contributed by atoms with Gasteiger partial charge in [0.05, 0.1) is 4.99 Å². The molecular weight excluding hydrogens is 378 g/mol. The first-order valence-electron chi connectivity index (χ1n) is 9.76. The van der Waals surface area contributed by atoms with Gasteiger partial charge in [0.1, 0.15) is 0 Å². The van der Waals surface area contributed by atoms with Crippen LogP contribution in [0.25, 0.3) is 5.57 Å². The van der Waals surface area contributed by atoms with Crippen LogP contribution in [0.15, 0.2) is 66.8 Å². The molecule has 0 atom stereocenters. The van der Waals surface area contributed by atoms with Gasteiger partial charge in [-0.25, -0.2) is 0 Å². The summed E-state index contributed by atoms with van der Waals surface area (Å²) in [5.74, 6) is -0.00498. The number of ketones is 1. The first-order valence-corrected chi connectivity index (χ1v) is 10.2. The van der Waals surface area contributed by atoms with Crippen LogP contribution in [0, 0.1) is 5.41 Å². The number of fused-ring (bicyclic) bond motifs is 2. The third-order valence-electron chi connectivity index (χ3n) is 5.74. The maximum atomic E-state index is 13.2. The van der Waals surface area contributed by atoms with Crippen molar-refractivity contribution in [1.82, 2.24) is 4.90 Å². The lowest BCUT2D eigenvalue weighted by Crippen LogP contribution is -2.45. The first-order chi connectivity index (χ1) is 13.8. The zero-order valence-electron chi connectivity index (χ0n) is 16.7. The molecule has 2 aromatic rings. The molecular formula is C25H23NO2S. The Balaban J connectivity index is 1.80. The molecule has 0 N–H and O–H groups in total. The lowest BCUT2D eigenvalue weighted by molar-refractivity contribution is -0.124. The lowest BCUT2D eigenvalue weighted by Gasteiger charge is -2.41. The molecule has 2 aromatic carbocycles. The van der Waals surface area contributed by atoms with Gasteiger partial charge in [0.2, 0.25) is 0 Å². The van der Waals surface area contributed by atoms with Crippen molar-refractivity contribution < 1.29 is 9.59 Å². The first kappa shape index (κ1) is 19.5. The number of carbonyl (C=O) groups is 2. The zero-order valence-corrected chi connectivity index (χ0v) is 17.5. The van der Waals surface area contributed by atoms with E-state index in [-0.39, 0.29) is 17.1 Å². The quantitative estimate of drug-likeness (QED) is 0.411. The summed E-state index contributed by atoms with van der Waals surface area (Å²) in [5, 5.41) is 0. The second kappa shape index (κ2) is 7.20. The molecule has 1 amide bonds. The Hall–Kier alpha value is -2.85. The van der Waals surface area contributed by atoms with Crippen molar-refractivity contribution in [2.24, 2.45) is 5.41 Å². The highest BCUT2D eigenvalue weighted by atomic mass is 32.1. The molecule has 1 heterocycles. The maximum Gasteiger partial charge on any atom is 0.255 e. The fourth-order valence-electron chi connectivity index (χ4n) is 4.45. The van der Waals surface area contributed by atoms with Crippen molar-refractivity contribution in [2.75, 3.05) is 6.54 Å². The molecule has 4 heteroatoms. The Bertz CT molecular complexity index is 1080. The molecule has 3 nitrogen and oxygen atoms in total. The molecule has 0 spiro atoms. The van der Waals surface area contributed by atoms with E-state index >= 15 is 0 Å². The molecule has 4 rings (SSSR count). The molecule has 0 aromatic heterocycles. The summed E-state index contributed by atoms with van der Waals surface area (Å²) < 4.78 is 0. The van der Waals surface area contributed by atoms with Crippen molar-refractivity contribution in [3.8, 4) is 0 Å². The molecule has 0 fully saturated rings. The van der Waals surface area contributed by atoms with Gasteiger partial charge < -0.3 is 0 Å². The van der Waals surface area contributed by atoms with Crippen LogP contribution in [0.3, 0.4) is 0 Å². The highest BCUT2D eigenvalue weighted by Crippen LogP contribution is 2.47. The zero-order chi connectivity index (χ0) is 20.8. The predicted molar refractivity (Wildman–Crippen MR) is 120 cm³/mol. The van der Waals surface area contributed by atoms with Gasteiger partial charge in [-0.3, -0.25) is 14.5 Å². The van der Waals surface area contributed by atoms with Crippen molar-refractivity contribution in [3.05, 3.63) is 89.0 Å². The topological polar surface area (TPSA) is 37.4 Å². The molecule has 146 valence electrons. The number of amides is 1. The summed E-state index contributed by atoms with van der Waals surface area (Å²) in [4.78, 5) is 28.4. The second-order valence-electron chi connectivity index (χ2n) is 8.26. The van der Waals surface area contributed by atoms with Crippen LogP contribution < -0.4 is 0 Å². The SMILES string of the molecule is C=CCN1C(=O)C2=C(CC1=S)c1ccc(C(=O)c3ccccc3)cc1CC2(C)C. The van der Waals surface area contributed by atoms with Crippen molar-refractivity contribution in [2.45, 2.75) is 26.7 Å². The smallest absolute Gasteiger partial charge is 0.255 e. The standard InChI is InChI=1S/C25H23NO2S/c1-4-12-26-21(29)14-20-19-11-10-17(23(27)16-8-6-5-7-9-16)13-18(19)15-25(2,3)22(20)24(26)28/h4-11,13H,1,12,14-15H2,2-3H3. The fourth-order valence-corrected chi connectivity index (χ4v) is 4.75. The summed E-state index contributed by atoms with van der Waals surface area (Å²) in [6.45, 7) is 8.37. The van der Waals surface area contributed by atoms with Crippen molar-refractivity contribution >= 4 is 34.5 Å². The Morgan fingerprint density at radius 2 is 1.90 bits per heavy atom. The molecule has 1 aliphatic carbocycles. The third kappa shape index (κ3) is 3.28. The number of carbonyl (C=O) groups excluding carboxylic acids is 2. The normalized spacial score (nSPS) is 17.7. The number of hydrogen-bond donors (Lipinski definition) is 0. The predicted octanol–water partition coefficient (Wildman–Crippen LogP) is 5.00. The minimum absolute atomic E-state index is 0.0124. The van der Waals surface area contributed by atoms with E-state index in [1.807, 2.05) is 48.5 Å². The van der Waals surface area contributed by atoms with Crippen molar-refractivity contribution in [3.63, 3.8) is 0 Å². The summed E-state index contributed by atoms with van der Waals surface area (Å²) >= 11 is 5.54. The van der Waals surface area contributed by atoms with Crippen LogP contribution in [0.4, 0.5) is 0 Å². The van der Waals surface area contributed by atoms with Gasteiger partial charge >= 0.3 is 0 Å². The Labute approximate surface area is 176 Å². The van der Waals surface area contributed by atoms with Crippen molar-refractivity contribution in [1.29, 1.82) is 0 Å². The molecule has 0 saturated carbocycles. The van der Waals surface area contributed by atoms with Crippen LogP contribution in [-0.4, -0.2) is 28.1 Å². The summed E-state index contributed by atoms with van der Waals surface area (Å²) in [7, 11) is 0. The van der Waals surface area contributed by atoms with E-state index in [0.717, 1.165) is 22.3 Å². The van der Waals surface area contributed by atoms with Crippen LogP contribution in [-0.2, 0) is 11.2 Å². The molecule has 1 aliphatic heterocycles. The van der Waals surface area contributed by atoms with Crippen LogP contribution in [0.2, 0.25) is 0 Å². The van der Waals surface area contributed by atoms with E-state index in [0.29, 0.717) is 35.5 Å². The highest BCUT2D eigenvalue weighted by Gasteiger charge is 2.42. The van der Waals surface area contributed by atoms with Crippen LogP contribution in [0.1, 0.15) is 47.3 Å². The van der Waals surface area contributed by atoms with E-state index in [4.69, 9.17) is 12.2 Å². The monoisotopic (exact) mass is 401 g/mol. The molecule has 0 saturated heterocycles. The minimum atomic E-state index is -0.330. The Morgan fingerprint density at radius 1 is 1.17 bits per heavy atom. The lowest BCUT2D eigenvalue weighted by atomic mass is 9.67. The van der Waals surface area contributed by atoms with Gasteiger partial charge in [0.25, 0.3) is 5.91 Å². The fraction of sp³-hybridized carbons (Fsp3) is 0.240.